The second-order valence-electron chi connectivity index (χ2n) is 15.7. The fourth-order valence-corrected chi connectivity index (χ4v) is 12.8. The normalized spacial score (nSPS) is 12.1. The molecular formula is C56H38ClINO+. The molecule has 0 bridgehead atoms. The first kappa shape index (κ1) is 35.7. The van der Waals surface area contributed by atoms with Crippen molar-refractivity contribution < 1.29 is 32.6 Å². The van der Waals surface area contributed by atoms with Gasteiger partial charge in [-0.05, 0) is 45.7 Å². The fourth-order valence-electron chi connectivity index (χ4n) is 9.73. The molecule has 1 aromatic heterocycles. The Morgan fingerprint density at radius 2 is 0.983 bits per heavy atom. The van der Waals surface area contributed by atoms with E-state index < -0.39 is 0 Å². The standard InChI is InChI=1S/C56H37ClINO/c1-3-58-57-37-25-28-51-52(30-37)60-56(59-51)50-32-47(42-23-11-17-35-14-5-8-20-39(35)42)48-29-33(2)53-49(43-24-12-18-36-15-6-9-21-40(36)43)31-46(44-26-27-45(50)54(48)55(44)53)41-22-10-16-34-13-4-7-19-38(34)41/h4-32H,3H2,1-2H3/p+1. The molecule has 0 saturated carbocycles. The van der Waals surface area contributed by atoms with Gasteiger partial charge in [-0.3, -0.25) is 0 Å². The van der Waals surface area contributed by atoms with E-state index in [0.29, 0.717) is 0 Å². The molecule has 286 valence electrons. The number of halogens is 2. The first-order valence-corrected chi connectivity index (χ1v) is 25.2. The van der Waals surface area contributed by atoms with Crippen LogP contribution in [-0.4, -0.2) is 9.41 Å². The van der Waals surface area contributed by atoms with Crippen LogP contribution in [0.2, 0.25) is 5.02 Å². The Morgan fingerprint density at radius 1 is 0.450 bits per heavy atom. The first-order valence-electron chi connectivity index (χ1n) is 20.5. The maximum atomic E-state index is 5.33. The molecule has 0 saturated heterocycles. The van der Waals surface area contributed by atoms with Crippen LogP contribution in [-0.2, 0) is 0 Å². The molecule has 0 fully saturated rings. The number of hydrogen-bond donors (Lipinski definition) is 0. The molecule has 1 N–H and O–H groups in total. The maximum absolute atomic E-state index is 5.33. The summed E-state index contributed by atoms with van der Waals surface area (Å²) in [6.45, 7) is 4.57. The molecule has 12 aromatic rings. The second kappa shape index (κ2) is 14.2. The van der Waals surface area contributed by atoms with Crippen LogP contribution < -0.4 is 20.1 Å². The SMILES string of the molecule is CC[I-][Cl+]c1ccc2nc(-c3cc(-c4cccc5ccccc45)c4cc(C)c5c(-c6cccc7ccccc67)cc(-c6cccc7ccccc67)c6ccc3c4c65)[oH+]c2c1. The predicted octanol–water partition coefficient (Wildman–Crippen LogP) is 12.8. The van der Waals surface area contributed by atoms with Crippen molar-refractivity contribution >= 4 is 75.7 Å². The zero-order chi connectivity index (χ0) is 39.9. The van der Waals surface area contributed by atoms with Crippen molar-refractivity contribution in [2.75, 3.05) is 4.43 Å². The molecule has 0 aliphatic heterocycles. The molecular weight excluding hydrogens is 865 g/mol. The number of aromatic nitrogens is 1. The topological polar surface area (TPSA) is 25.7 Å². The van der Waals surface area contributed by atoms with Gasteiger partial charge in [0.2, 0.25) is 0 Å². The molecule has 0 unspecified atom stereocenters. The Kier molecular flexibility index (Phi) is 8.43. The molecule has 0 aliphatic carbocycles. The Balaban J connectivity index is 1.27. The van der Waals surface area contributed by atoms with Crippen LogP contribution in [0.25, 0.3) is 121 Å². The van der Waals surface area contributed by atoms with E-state index in [-0.39, 0.29) is 20.1 Å². The van der Waals surface area contributed by atoms with Crippen molar-refractivity contribution in [3.05, 3.63) is 187 Å². The molecule has 2 nitrogen and oxygen atoms in total. The summed E-state index contributed by atoms with van der Waals surface area (Å²) in [5, 5.41) is 16.2. The average molecular weight is 903 g/mol. The molecule has 60 heavy (non-hydrogen) atoms. The van der Waals surface area contributed by atoms with Crippen LogP contribution in [0.4, 0.5) is 0 Å². The number of hydrogen-bond acceptors (Lipinski definition) is 1. The van der Waals surface area contributed by atoms with E-state index in [9.17, 15) is 0 Å². The summed E-state index contributed by atoms with van der Waals surface area (Å²) >= 11 is 0.0102. The van der Waals surface area contributed by atoms with Gasteiger partial charge in [0, 0.05) is 0 Å². The number of fused-ring (bicyclic) bond motifs is 4. The van der Waals surface area contributed by atoms with Crippen LogP contribution in [0, 0.1) is 15.0 Å². The van der Waals surface area contributed by atoms with E-state index in [1.165, 1.54) is 113 Å². The van der Waals surface area contributed by atoms with Crippen LogP contribution in [0.15, 0.2) is 180 Å². The van der Waals surface area contributed by atoms with Crippen LogP contribution >= 0.6 is 0 Å². The van der Waals surface area contributed by atoms with Gasteiger partial charge in [0.15, 0.2) is 0 Å². The zero-order valence-electron chi connectivity index (χ0n) is 33.1. The van der Waals surface area contributed by atoms with Gasteiger partial charge in [0.25, 0.3) is 0 Å². The summed E-state index contributed by atoms with van der Waals surface area (Å²) in [6.07, 6.45) is 0. The third-order valence-corrected chi connectivity index (χ3v) is 17.0. The van der Waals surface area contributed by atoms with E-state index in [1.54, 1.807) is 0 Å². The number of aryl methyl sites for hydroxylation is 1. The van der Waals surface area contributed by atoms with Crippen molar-refractivity contribution in [2.24, 2.45) is 0 Å². The van der Waals surface area contributed by atoms with Gasteiger partial charge in [-0.2, -0.15) is 0 Å². The van der Waals surface area contributed by atoms with Gasteiger partial charge in [0.05, 0.1) is 0 Å². The Morgan fingerprint density at radius 3 is 1.60 bits per heavy atom. The summed E-state index contributed by atoms with van der Waals surface area (Å²) in [5.74, 6) is 0.769. The molecule has 0 spiro atoms. The van der Waals surface area contributed by atoms with E-state index in [1.807, 2.05) is 0 Å². The van der Waals surface area contributed by atoms with E-state index in [2.05, 4.69) is 198 Å². The third kappa shape index (κ3) is 5.56. The number of alkyl halides is 1. The molecule has 11 aromatic carbocycles. The molecule has 0 atom stereocenters. The van der Waals surface area contributed by atoms with Gasteiger partial charge < -0.3 is 0 Å². The minimum atomic E-state index is 0.0102. The van der Waals surface area contributed by atoms with Crippen molar-refractivity contribution in [3.8, 4) is 44.8 Å². The van der Waals surface area contributed by atoms with Crippen molar-refractivity contribution in [2.45, 2.75) is 13.8 Å². The third-order valence-electron chi connectivity index (χ3n) is 12.3. The minimum absolute atomic E-state index is 0.0102. The fraction of sp³-hybridized carbons (Fsp3) is 0.0536. The van der Waals surface area contributed by atoms with Gasteiger partial charge >= 0.3 is 208 Å². The van der Waals surface area contributed by atoms with E-state index >= 15 is 0 Å². The average Bonchev–Trinajstić information content (AvgIpc) is 3.73. The quantitative estimate of drug-likeness (QED) is 0.0677. The monoisotopic (exact) mass is 902 g/mol. The van der Waals surface area contributed by atoms with E-state index in [0.717, 1.165) is 22.6 Å². The van der Waals surface area contributed by atoms with Crippen molar-refractivity contribution in [1.29, 1.82) is 0 Å². The van der Waals surface area contributed by atoms with Gasteiger partial charge in [0.1, 0.15) is 0 Å². The predicted molar refractivity (Wildman–Crippen MR) is 248 cm³/mol. The molecule has 12 rings (SSSR count). The Bertz CT molecular complexity index is 3660. The number of oxazole rings is 1. The molecule has 0 aliphatic rings. The van der Waals surface area contributed by atoms with Crippen LogP contribution in [0.5, 0.6) is 0 Å². The molecule has 0 amide bonds. The number of rotatable bonds is 7. The summed E-state index contributed by atoms with van der Waals surface area (Å²) in [5.41, 5.74) is 11.6. The first-order chi connectivity index (χ1) is 29.6. The van der Waals surface area contributed by atoms with Crippen LogP contribution in [0.1, 0.15) is 12.5 Å². The Labute approximate surface area is 360 Å². The zero-order valence-corrected chi connectivity index (χ0v) is 36.0. The summed E-state index contributed by atoms with van der Waals surface area (Å²) in [7, 11) is 2.55. The Hall–Kier alpha value is -6.27. The summed E-state index contributed by atoms with van der Waals surface area (Å²) < 4.78 is 6.54. The van der Waals surface area contributed by atoms with Crippen LogP contribution in [0.3, 0.4) is 0 Å². The van der Waals surface area contributed by atoms with Crippen molar-refractivity contribution in [3.63, 3.8) is 0 Å². The number of benzene rings is 11. The summed E-state index contributed by atoms with van der Waals surface area (Å²) in [6, 6.07) is 65.1. The van der Waals surface area contributed by atoms with Crippen molar-refractivity contribution in [1.82, 2.24) is 4.98 Å². The number of nitrogens with zero attached hydrogens (tertiary/aromatic N) is 1. The molecule has 1 heterocycles. The molecule has 0 radical (unpaired) electrons. The summed E-state index contributed by atoms with van der Waals surface area (Å²) in [4.78, 5) is 5.28. The van der Waals surface area contributed by atoms with E-state index in [4.69, 9.17) is 9.40 Å². The van der Waals surface area contributed by atoms with Gasteiger partial charge in [-0.15, -0.1) is 0 Å². The van der Waals surface area contributed by atoms with Gasteiger partial charge in [-0.25, -0.2) is 0 Å². The second-order valence-corrected chi connectivity index (χ2v) is 20.9. The molecule has 4 heteroatoms. The van der Waals surface area contributed by atoms with Gasteiger partial charge in [-0.1, -0.05) is 109 Å².